The van der Waals surface area contributed by atoms with Crippen molar-refractivity contribution in [3.8, 4) is 11.5 Å². The van der Waals surface area contributed by atoms with Gasteiger partial charge in [0.1, 0.15) is 11.5 Å². The number of allylic oxidation sites excluding steroid dienone is 2. The first-order valence-electron chi connectivity index (χ1n) is 9.60. The molecule has 3 atom stereocenters. The monoisotopic (exact) mass is 349 g/mol. The van der Waals surface area contributed by atoms with Crippen LogP contribution in [0.4, 0.5) is 5.69 Å². The third kappa shape index (κ3) is 3.31. The Balaban J connectivity index is 1.59. The summed E-state index contributed by atoms with van der Waals surface area (Å²) < 4.78 is 5.98. The van der Waals surface area contributed by atoms with Crippen LogP contribution in [0.3, 0.4) is 0 Å². The average molecular weight is 349 g/mol. The van der Waals surface area contributed by atoms with Crippen LogP contribution in [0, 0.1) is 11.8 Å². The van der Waals surface area contributed by atoms with E-state index in [1.807, 2.05) is 12.1 Å². The summed E-state index contributed by atoms with van der Waals surface area (Å²) >= 11 is 0. The molecular weight excluding hydrogens is 322 g/mol. The lowest BCUT2D eigenvalue weighted by Gasteiger charge is -2.37. The number of hydrogen-bond donors (Lipinski definition) is 2. The molecule has 3 unspecified atom stereocenters. The van der Waals surface area contributed by atoms with Crippen LogP contribution in [0.5, 0.6) is 11.5 Å². The van der Waals surface area contributed by atoms with Crippen molar-refractivity contribution in [1.82, 2.24) is 0 Å². The Morgan fingerprint density at radius 2 is 1.96 bits per heavy atom. The molecule has 0 radical (unpaired) electrons. The summed E-state index contributed by atoms with van der Waals surface area (Å²) in [5.74, 6) is 2.85. The van der Waals surface area contributed by atoms with Gasteiger partial charge in [-0.25, -0.2) is 0 Å². The molecule has 2 aliphatic rings. The van der Waals surface area contributed by atoms with Crippen molar-refractivity contribution >= 4 is 5.69 Å². The Labute approximate surface area is 155 Å². The quantitative estimate of drug-likeness (QED) is 0.686. The zero-order valence-electron chi connectivity index (χ0n) is 15.5. The van der Waals surface area contributed by atoms with Crippen LogP contribution >= 0.6 is 0 Å². The van der Waals surface area contributed by atoms with Crippen LogP contribution < -0.4 is 10.1 Å². The molecule has 0 bridgehead atoms. The van der Waals surface area contributed by atoms with Gasteiger partial charge in [0.2, 0.25) is 0 Å². The molecule has 1 heterocycles. The minimum Gasteiger partial charge on any atom is -0.508 e. The number of phenols is 1. The first kappa shape index (κ1) is 17.0. The van der Waals surface area contributed by atoms with Gasteiger partial charge in [-0.15, -0.1) is 0 Å². The molecule has 0 fully saturated rings. The van der Waals surface area contributed by atoms with Gasteiger partial charge in [0.05, 0.1) is 12.6 Å². The van der Waals surface area contributed by atoms with E-state index in [0.29, 0.717) is 23.5 Å². The van der Waals surface area contributed by atoms with E-state index >= 15 is 0 Å². The smallest absolute Gasteiger partial charge is 0.119 e. The Morgan fingerprint density at radius 3 is 2.73 bits per heavy atom. The zero-order valence-corrected chi connectivity index (χ0v) is 15.5. The minimum absolute atomic E-state index is 0.260. The van der Waals surface area contributed by atoms with Crippen molar-refractivity contribution in [1.29, 1.82) is 0 Å². The van der Waals surface area contributed by atoms with Crippen molar-refractivity contribution in [3.63, 3.8) is 0 Å². The topological polar surface area (TPSA) is 41.5 Å². The Kier molecular flexibility index (Phi) is 4.62. The van der Waals surface area contributed by atoms with Crippen molar-refractivity contribution in [3.05, 3.63) is 65.7 Å². The van der Waals surface area contributed by atoms with E-state index in [4.69, 9.17) is 4.74 Å². The lowest BCUT2D eigenvalue weighted by Crippen LogP contribution is -2.29. The molecule has 1 aliphatic carbocycles. The molecule has 0 aromatic heterocycles. The maximum atomic E-state index is 9.59. The van der Waals surface area contributed by atoms with Gasteiger partial charge in [0.15, 0.2) is 0 Å². The summed E-state index contributed by atoms with van der Waals surface area (Å²) in [6.07, 6.45) is 6.78. The second-order valence-corrected chi connectivity index (χ2v) is 7.85. The fourth-order valence-electron chi connectivity index (χ4n) is 4.09. The highest BCUT2D eigenvalue weighted by atomic mass is 16.5. The van der Waals surface area contributed by atoms with Gasteiger partial charge in [-0.3, -0.25) is 0 Å². The van der Waals surface area contributed by atoms with E-state index in [0.717, 1.165) is 25.2 Å². The van der Waals surface area contributed by atoms with Crippen molar-refractivity contribution in [2.24, 2.45) is 11.8 Å². The van der Waals surface area contributed by atoms with E-state index < -0.39 is 0 Å². The highest BCUT2D eigenvalue weighted by molar-refractivity contribution is 5.61. The fourth-order valence-corrected chi connectivity index (χ4v) is 4.09. The molecule has 0 saturated carbocycles. The SMILES string of the molecule is CC(C)CCOc1ccc2c(c1)C1C=CCC1C(c1ccc(O)cc1)N2. The number of ether oxygens (including phenoxy) is 1. The number of hydrogen-bond acceptors (Lipinski definition) is 3. The zero-order chi connectivity index (χ0) is 18.1. The largest absolute Gasteiger partial charge is 0.508 e. The van der Waals surface area contributed by atoms with E-state index in [1.165, 1.54) is 16.8 Å². The molecule has 1 aliphatic heterocycles. The predicted molar refractivity (Wildman–Crippen MR) is 106 cm³/mol. The van der Waals surface area contributed by atoms with E-state index in [-0.39, 0.29) is 6.04 Å². The third-order valence-electron chi connectivity index (χ3n) is 5.55. The molecular formula is C23H27NO2. The van der Waals surface area contributed by atoms with Gasteiger partial charge >= 0.3 is 0 Å². The lowest BCUT2D eigenvalue weighted by atomic mass is 9.77. The number of anilines is 1. The van der Waals surface area contributed by atoms with Crippen LogP contribution in [0.25, 0.3) is 0 Å². The summed E-state index contributed by atoms with van der Waals surface area (Å²) in [4.78, 5) is 0. The molecule has 0 saturated heterocycles. The number of nitrogens with one attached hydrogen (secondary N) is 1. The van der Waals surface area contributed by atoms with Gasteiger partial charge in [0.25, 0.3) is 0 Å². The summed E-state index contributed by atoms with van der Waals surface area (Å²) in [5, 5.41) is 13.3. The summed E-state index contributed by atoms with van der Waals surface area (Å²) in [6.45, 7) is 5.21. The average Bonchev–Trinajstić information content (AvgIpc) is 3.12. The van der Waals surface area contributed by atoms with Crippen LogP contribution in [-0.4, -0.2) is 11.7 Å². The Hall–Kier alpha value is -2.42. The van der Waals surface area contributed by atoms with Crippen molar-refractivity contribution < 1.29 is 9.84 Å². The third-order valence-corrected chi connectivity index (χ3v) is 5.55. The molecule has 4 rings (SSSR count). The molecule has 136 valence electrons. The van der Waals surface area contributed by atoms with Crippen molar-refractivity contribution in [2.75, 3.05) is 11.9 Å². The molecule has 3 heteroatoms. The summed E-state index contributed by atoms with van der Waals surface area (Å²) in [7, 11) is 0. The van der Waals surface area contributed by atoms with E-state index in [9.17, 15) is 5.11 Å². The van der Waals surface area contributed by atoms with Crippen molar-refractivity contribution in [2.45, 2.75) is 38.6 Å². The molecule has 3 nitrogen and oxygen atoms in total. The number of aromatic hydroxyl groups is 1. The normalized spacial score (nSPS) is 23.4. The molecule has 2 N–H and O–H groups in total. The maximum absolute atomic E-state index is 9.59. The molecule has 2 aromatic carbocycles. The molecule has 0 amide bonds. The Bertz CT molecular complexity index is 794. The second-order valence-electron chi connectivity index (χ2n) is 7.85. The van der Waals surface area contributed by atoms with E-state index in [1.54, 1.807) is 12.1 Å². The highest BCUT2D eigenvalue weighted by Gasteiger charge is 2.38. The number of benzene rings is 2. The highest BCUT2D eigenvalue weighted by Crippen LogP contribution is 2.50. The van der Waals surface area contributed by atoms with Gasteiger partial charge in [-0.2, -0.15) is 0 Å². The Morgan fingerprint density at radius 1 is 1.15 bits per heavy atom. The number of phenolic OH excluding ortho intramolecular Hbond substituents is 1. The van der Waals surface area contributed by atoms with Crippen LogP contribution in [0.2, 0.25) is 0 Å². The van der Waals surface area contributed by atoms with Crippen LogP contribution in [-0.2, 0) is 0 Å². The van der Waals surface area contributed by atoms with Gasteiger partial charge in [0, 0.05) is 11.6 Å². The second kappa shape index (κ2) is 7.06. The number of rotatable bonds is 5. The first-order chi connectivity index (χ1) is 12.6. The predicted octanol–water partition coefficient (Wildman–Crippen LogP) is 5.64. The first-order valence-corrected chi connectivity index (χ1v) is 9.60. The van der Waals surface area contributed by atoms with Gasteiger partial charge < -0.3 is 15.2 Å². The molecule has 26 heavy (non-hydrogen) atoms. The van der Waals surface area contributed by atoms with Gasteiger partial charge in [-0.1, -0.05) is 38.1 Å². The number of fused-ring (bicyclic) bond motifs is 3. The molecule has 0 spiro atoms. The summed E-state index contributed by atoms with van der Waals surface area (Å²) in [5.41, 5.74) is 3.75. The van der Waals surface area contributed by atoms with Crippen LogP contribution in [0.15, 0.2) is 54.6 Å². The lowest BCUT2D eigenvalue weighted by molar-refractivity contribution is 0.289. The standard InChI is InChI=1S/C23H27NO2/c1-15(2)12-13-26-18-10-11-22-21(14-18)19-4-3-5-20(19)23(24-22)16-6-8-17(25)9-7-16/h3-4,6-11,14-15,19-20,23-25H,5,12-13H2,1-2H3. The molecule has 2 aromatic rings. The summed E-state index contributed by atoms with van der Waals surface area (Å²) in [6, 6.07) is 14.3. The van der Waals surface area contributed by atoms with E-state index in [2.05, 4.69) is 49.5 Å². The fraction of sp³-hybridized carbons (Fsp3) is 0.391. The maximum Gasteiger partial charge on any atom is 0.119 e. The minimum atomic E-state index is 0.260. The van der Waals surface area contributed by atoms with Crippen LogP contribution in [0.1, 0.15) is 49.8 Å². The van der Waals surface area contributed by atoms with Gasteiger partial charge in [-0.05, 0) is 66.1 Å².